The second-order valence-corrected chi connectivity index (χ2v) is 6.56. The first-order valence-electron chi connectivity index (χ1n) is 5.96. The summed E-state index contributed by atoms with van der Waals surface area (Å²) >= 11 is 7.36. The van der Waals surface area contributed by atoms with Gasteiger partial charge in [0.2, 0.25) is 0 Å². The van der Waals surface area contributed by atoms with Gasteiger partial charge in [0.05, 0.1) is 4.83 Å². The van der Waals surface area contributed by atoms with Gasteiger partial charge in [0.1, 0.15) is 0 Å². The first-order chi connectivity index (χ1) is 8.49. The van der Waals surface area contributed by atoms with Crippen molar-refractivity contribution in [3.05, 3.63) is 68.7 Å². The van der Waals surface area contributed by atoms with Crippen LogP contribution in [0.15, 0.2) is 40.9 Å². The minimum absolute atomic E-state index is 0.246. The minimum Gasteiger partial charge on any atom is -0.0786 e. The summed E-state index contributed by atoms with van der Waals surface area (Å²) < 4.78 is 1.12. The normalized spacial score (nSPS) is 12.5. The Balaban J connectivity index is 2.49. The molecule has 0 fully saturated rings. The first kappa shape index (κ1) is 13.8. The lowest BCUT2D eigenvalue weighted by molar-refractivity contribution is 1.10. The maximum absolute atomic E-state index is 3.83. The summed E-state index contributed by atoms with van der Waals surface area (Å²) in [5.74, 6) is 0. The highest BCUT2D eigenvalue weighted by atomic mass is 79.9. The Labute approximate surface area is 126 Å². The molecular weight excluding hydrogens is 352 g/mol. The molecule has 0 aliphatic rings. The Morgan fingerprint density at radius 3 is 2.11 bits per heavy atom. The van der Waals surface area contributed by atoms with E-state index in [9.17, 15) is 0 Å². The Bertz CT molecular complexity index is 550. The van der Waals surface area contributed by atoms with Crippen LogP contribution >= 0.6 is 31.9 Å². The highest BCUT2D eigenvalue weighted by molar-refractivity contribution is 9.10. The summed E-state index contributed by atoms with van der Waals surface area (Å²) in [5, 5.41) is 0. The van der Waals surface area contributed by atoms with Gasteiger partial charge in [0.25, 0.3) is 0 Å². The van der Waals surface area contributed by atoms with E-state index >= 15 is 0 Å². The van der Waals surface area contributed by atoms with Gasteiger partial charge in [0, 0.05) is 4.47 Å². The molecular formula is C16H16Br2. The zero-order valence-corrected chi connectivity index (χ0v) is 14.0. The van der Waals surface area contributed by atoms with Crippen molar-refractivity contribution in [1.82, 2.24) is 0 Å². The quantitative estimate of drug-likeness (QED) is 0.583. The van der Waals surface area contributed by atoms with Gasteiger partial charge in [-0.2, -0.15) is 0 Å². The van der Waals surface area contributed by atoms with Crippen LogP contribution in [0.25, 0.3) is 0 Å². The van der Waals surface area contributed by atoms with Crippen LogP contribution in [0.5, 0.6) is 0 Å². The monoisotopic (exact) mass is 366 g/mol. The fraction of sp³-hybridized carbons (Fsp3) is 0.250. The van der Waals surface area contributed by atoms with Gasteiger partial charge in [-0.1, -0.05) is 61.7 Å². The van der Waals surface area contributed by atoms with E-state index in [0.29, 0.717) is 0 Å². The van der Waals surface area contributed by atoms with Crippen LogP contribution < -0.4 is 0 Å². The van der Waals surface area contributed by atoms with Crippen molar-refractivity contribution in [1.29, 1.82) is 0 Å². The van der Waals surface area contributed by atoms with E-state index in [1.54, 1.807) is 0 Å². The highest BCUT2D eigenvalue weighted by Crippen LogP contribution is 2.36. The summed E-state index contributed by atoms with van der Waals surface area (Å²) in [6.45, 7) is 6.51. The third kappa shape index (κ3) is 2.86. The van der Waals surface area contributed by atoms with Crippen LogP contribution in [0.3, 0.4) is 0 Å². The van der Waals surface area contributed by atoms with E-state index < -0.39 is 0 Å². The molecule has 0 radical (unpaired) electrons. The molecule has 0 amide bonds. The SMILES string of the molecule is Cc1cc(C)c(C(Br)c2cccc(Br)c2)c(C)c1. The molecule has 18 heavy (non-hydrogen) atoms. The van der Waals surface area contributed by atoms with Crippen LogP contribution in [-0.2, 0) is 0 Å². The maximum atomic E-state index is 3.83. The van der Waals surface area contributed by atoms with Crippen molar-refractivity contribution in [2.24, 2.45) is 0 Å². The van der Waals surface area contributed by atoms with Crippen LogP contribution in [0.2, 0.25) is 0 Å². The van der Waals surface area contributed by atoms with Gasteiger partial charge in [-0.3, -0.25) is 0 Å². The van der Waals surface area contributed by atoms with Gasteiger partial charge >= 0.3 is 0 Å². The van der Waals surface area contributed by atoms with Gasteiger partial charge in [-0.05, 0) is 55.2 Å². The topological polar surface area (TPSA) is 0 Å². The van der Waals surface area contributed by atoms with E-state index in [1.165, 1.54) is 27.8 Å². The van der Waals surface area contributed by atoms with Crippen molar-refractivity contribution in [2.75, 3.05) is 0 Å². The smallest absolute Gasteiger partial charge is 0.0650 e. The lowest BCUT2D eigenvalue weighted by atomic mass is 9.94. The zero-order chi connectivity index (χ0) is 13.3. The largest absolute Gasteiger partial charge is 0.0786 e. The molecule has 0 bridgehead atoms. The molecule has 2 aromatic carbocycles. The minimum atomic E-state index is 0.246. The average molecular weight is 368 g/mol. The maximum Gasteiger partial charge on any atom is 0.0650 e. The second-order valence-electron chi connectivity index (χ2n) is 4.73. The van der Waals surface area contributed by atoms with Gasteiger partial charge in [-0.25, -0.2) is 0 Å². The first-order valence-corrected chi connectivity index (χ1v) is 7.67. The fourth-order valence-corrected chi connectivity index (χ4v) is 3.85. The predicted molar refractivity (Wildman–Crippen MR) is 85.6 cm³/mol. The number of alkyl halides is 1. The van der Waals surface area contributed by atoms with Gasteiger partial charge in [-0.15, -0.1) is 0 Å². The molecule has 2 rings (SSSR count). The van der Waals surface area contributed by atoms with E-state index in [4.69, 9.17) is 0 Å². The standard InChI is InChI=1S/C16H16Br2/c1-10-7-11(2)15(12(3)8-10)16(18)13-5-4-6-14(17)9-13/h4-9,16H,1-3H3. The molecule has 0 saturated heterocycles. The number of hydrogen-bond acceptors (Lipinski definition) is 0. The second kappa shape index (κ2) is 5.58. The van der Waals surface area contributed by atoms with Crippen molar-refractivity contribution in [3.63, 3.8) is 0 Å². The van der Waals surface area contributed by atoms with Crippen molar-refractivity contribution < 1.29 is 0 Å². The number of benzene rings is 2. The molecule has 0 N–H and O–H groups in total. The number of halogens is 2. The van der Waals surface area contributed by atoms with Crippen LogP contribution in [0, 0.1) is 20.8 Å². The molecule has 0 saturated carbocycles. The van der Waals surface area contributed by atoms with Gasteiger partial charge < -0.3 is 0 Å². The molecule has 1 unspecified atom stereocenters. The average Bonchev–Trinajstić information content (AvgIpc) is 2.27. The van der Waals surface area contributed by atoms with E-state index in [2.05, 4.69) is 89.0 Å². The highest BCUT2D eigenvalue weighted by Gasteiger charge is 2.15. The molecule has 0 nitrogen and oxygen atoms in total. The molecule has 0 aliphatic carbocycles. The summed E-state index contributed by atoms with van der Waals surface area (Å²) in [4.78, 5) is 0.246. The van der Waals surface area contributed by atoms with E-state index in [1.807, 2.05) is 0 Å². The van der Waals surface area contributed by atoms with E-state index in [0.717, 1.165) is 4.47 Å². The number of aryl methyl sites for hydroxylation is 3. The Hall–Kier alpha value is -0.600. The fourth-order valence-electron chi connectivity index (χ4n) is 2.42. The van der Waals surface area contributed by atoms with Crippen LogP contribution in [-0.4, -0.2) is 0 Å². The summed E-state index contributed by atoms with van der Waals surface area (Å²) in [6, 6.07) is 12.9. The Morgan fingerprint density at radius 2 is 1.56 bits per heavy atom. The molecule has 1 atom stereocenters. The summed E-state index contributed by atoms with van der Waals surface area (Å²) in [7, 11) is 0. The molecule has 0 heterocycles. The number of hydrogen-bond donors (Lipinski definition) is 0. The molecule has 0 aromatic heterocycles. The van der Waals surface area contributed by atoms with Gasteiger partial charge in [0.15, 0.2) is 0 Å². The summed E-state index contributed by atoms with van der Waals surface area (Å²) in [6.07, 6.45) is 0. The lowest BCUT2D eigenvalue weighted by Crippen LogP contribution is -2.00. The van der Waals surface area contributed by atoms with Crippen molar-refractivity contribution in [3.8, 4) is 0 Å². The molecule has 2 heteroatoms. The van der Waals surface area contributed by atoms with Crippen molar-refractivity contribution in [2.45, 2.75) is 25.6 Å². The van der Waals surface area contributed by atoms with E-state index in [-0.39, 0.29) is 4.83 Å². The van der Waals surface area contributed by atoms with Crippen molar-refractivity contribution >= 4 is 31.9 Å². The third-order valence-electron chi connectivity index (χ3n) is 3.13. The lowest BCUT2D eigenvalue weighted by Gasteiger charge is -2.17. The third-order valence-corrected chi connectivity index (χ3v) is 4.61. The summed E-state index contributed by atoms with van der Waals surface area (Å²) in [5.41, 5.74) is 6.66. The molecule has 0 aliphatic heterocycles. The predicted octanol–water partition coefficient (Wildman–Crippen LogP) is 5.86. The van der Waals surface area contributed by atoms with Crippen LogP contribution in [0.1, 0.15) is 32.6 Å². The molecule has 0 spiro atoms. The van der Waals surface area contributed by atoms with Crippen LogP contribution in [0.4, 0.5) is 0 Å². The number of rotatable bonds is 2. The molecule has 2 aromatic rings. The zero-order valence-electron chi connectivity index (χ0n) is 10.8. The molecule has 94 valence electrons. The Kier molecular flexibility index (Phi) is 4.29. The Morgan fingerprint density at radius 1 is 0.944 bits per heavy atom.